The molecule has 5 N–H and O–H groups in total. The first-order valence-corrected chi connectivity index (χ1v) is 7.17. The number of alkyl halides is 3. The molecule has 1 aromatic heterocycles. The van der Waals surface area contributed by atoms with E-state index in [1.807, 2.05) is 24.4 Å². The van der Waals surface area contributed by atoms with Crippen LogP contribution in [-0.2, 0) is 0 Å². The third-order valence-corrected chi connectivity index (χ3v) is 4.15. The Labute approximate surface area is 124 Å². The van der Waals surface area contributed by atoms with Crippen molar-refractivity contribution in [3.63, 3.8) is 0 Å². The maximum absolute atomic E-state index is 12.5. The topological polar surface area (TPSA) is 64.1 Å². The highest BCUT2D eigenvalue weighted by Crippen LogP contribution is 2.29. The number of rotatable bonds is 3. The van der Waals surface area contributed by atoms with Crippen LogP contribution in [0.25, 0.3) is 5.57 Å². The number of nitrogens with one attached hydrogen (secondary N) is 1. The molecule has 1 aliphatic heterocycles. The van der Waals surface area contributed by atoms with E-state index in [9.17, 15) is 13.2 Å². The molecule has 1 aromatic rings. The van der Waals surface area contributed by atoms with Gasteiger partial charge >= 0.3 is 6.18 Å². The van der Waals surface area contributed by atoms with E-state index in [1.54, 1.807) is 17.4 Å². The predicted molar refractivity (Wildman–Crippen MR) is 79.4 cm³/mol. The summed E-state index contributed by atoms with van der Waals surface area (Å²) in [5.41, 5.74) is 13.3. The molecule has 0 saturated carbocycles. The normalized spacial score (nSPS) is 17.9. The van der Waals surface area contributed by atoms with Gasteiger partial charge in [0.2, 0.25) is 0 Å². The number of halogens is 3. The first-order valence-electron chi connectivity index (χ1n) is 6.29. The zero-order valence-corrected chi connectivity index (χ0v) is 12.2. The van der Waals surface area contributed by atoms with Gasteiger partial charge in [-0.05, 0) is 41.7 Å². The van der Waals surface area contributed by atoms with Crippen LogP contribution in [0.1, 0.15) is 10.4 Å². The van der Waals surface area contributed by atoms with Gasteiger partial charge < -0.3 is 16.8 Å². The molecule has 114 valence electrons. The molecule has 3 nitrogen and oxygen atoms in total. The SMILES string of the molecule is Cc1ccsc1C1=CCNC(/C(N)=C/C(N)C(F)(F)F)=C1. The lowest BCUT2D eigenvalue weighted by molar-refractivity contribution is -0.137. The molecule has 21 heavy (non-hydrogen) atoms. The van der Waals surface area contributed by atoms with Gasteiger partial charge in [0.15, 0.2) is 0 Å². The lowest BCUT2D eigenvalue weighted by atomic mass is 10.0. The number of thiophene rings is 1. The summed E-state index contributed by atoms with van der Waals surface area (Å²) in [5, 5.41) is 4.93. The van der Waals surface area contributed by atoms with Gasteiger partial charge in [-0.25, -0.2) is 0 Å². The average Bonchev–Trinajstić information content (AvgIpc) is 2.84. The summed E-state index contributed by atoms with van der Waals surface area (Å²) < 4.78 is 37.4. The average molecular weight is 315 g/mol. The Morgan fingerprint density at radius 3 is 2.76 bits per heavy atom. The number of dihydropyridines is 1. The zero-order valence-electron chi connectivity index (χ0n) is 11.4. The molecule has 1 atom stereocenters. The minimum atomic E-state index is -4.50. The summed E-state index contributed by atoms with van der Waals surface area (Å²) in [5.74, 6) is 0. The zero-order chi connectivity index (χ0) is 15.6. The summed E-state index contributed by atoms with van der Waals surface area (Å²) in [6.07, 6.45) is 0.0441. The van der Waals surface area contributed by atoms with Gasteiger partial charge in [0.1, 0.15) is 6.04 Å². The van der Waals surface area contributed by atoms with Crippen molar-refractivity contribution >= 4 is 16.9 Å². The van der Waals surface area contributed by atoms with E-state index >= 15 is 0 Å². The van der Waals surface area contributed by atoms with Crippen molar-refractivity contribution in [2.75, 3.05) is 6.54 Å². The highest BCUT2D eigenvalue weighted by molar-refractivity contribution is 7.11. The van der Waals surface area contributed by atoms with Crippen LogP contribution in [0.15, 0.2) is 41.1 Å². The van der Waals surface area contributed by atoms with Crippen LogP contribution in [0.5, 0.6) is 0 Å². The second kappa shape index (κ2) is 5.95. The Bertz CT molecular complexity index is 611. The Kier molecular flexibility index (Phi) is 4.43. The van der Waals surface area contributed by atoms with Crippen LogP contribution >= 0.6 is 11.3 Å². The van der Waals surface area contributed by atoms with Gasteiger partial charge in [-0.2, -0.15) is 13.2 Å². The number of aryl methyl sites for hydroxylation is 1. The maximum atomic E-state index is 12.5. The maximum Gasteiger partial charge on any atom is 0.407 e. The molecule has 0 fully saturated rings. The van der Waals surface area contributed by atoms with Crippen LogP contribution in [0.2, 0.25) is 0 Å². The standard InChI is InChI=1S/C14H16F3N3S/c1-8-3-5-21-13(8)9-2-4-20-11(6-9)10(18)7-12(19)14(15,16)17/h2-3,5-7,12,20H,4,18-19H2,1H3/b10-7-. The molecule has 0 aliphatic carbocycles. The van der Waals surface area contributed by atoms with Crippen molar-refractivity contribution in [1.29, 1.82) is 0 Å². The third-order valence-electron chi connectivity index (χ3n) is 3.09. The van der Waals surface area contributed by atoms with Crippen molar-refractivity contribution in [3.05, 3.63) is 51.5 Å². The first kappa shape index (κ1) is 15.7. The van der Waals surface area contributed by atoms with Gasteiger partial charge in [0.25, 0.3) is 0 Å². The Morgan fingerprint density at radius 2 is 2.19 bits per heavy atom. The number of nitrogens with two attached hydrogens (primary N) is 2. The van der Waals surface area contributed by atoms with E-state index in [1.165, 1.54) is 0 Å². The smallest absolute Gasteiger partial charge is 0.397 e. The highest BCUT2D eigenvalue weighted by atomic mass is 32.1. The molecule has 7 heteroatoms. The van der Waals surface area contributed by atoms with Crippen molar-refractivity contribution in [1.82, 2.24) is 5.32 Å². The molecular weight excluding hydrogens is 299 g/mol. The number of hydrogen-bond acceptors (Lipinski definition) is 4. The van der Waals surface area contributed by atoms with E-state index in [-0.39, 0.29) is 5.70 Å². The van der Waals surface area contributed by atoms with Gasteiger partial charge in [-0.15, -0.1) is 11.3 Å². The van der Waals surface area contributed by atoms with Gasteiger partial charge in [-0.1, -0.05) is 6.08 Å². The van der Waals surface area contributed by atoms with E-state index in [0.29, 0.717) is 12.2 Å². The van der Waals surface area contributed by atoms with Crippen LogP contribution in [0.4, 0.5) is 13.2 Å². The fraction of sp³-hybridized carbons (Fsp3) is 0.286. The molecule has 1 aliphatic rings. The minimum Gasteiger partial charge on any atom is -0.397 e. The molecule has 0 spiro atoms. The molecule has 0 saturated heterocycles. The van der Waals surface area contributed by atoms with Crippen LogP contribution in [-0.4, -0.2) is 18.8 Å². The molecule has 2 rings (SSSR count). The molecule has 0 radical (unpaired) electrons. The fourth-order valence-corrected chi connectivity index (χ4v) is 2.87. The van der Waals surface area contributed by atoms with Crippen LogP contribution in [0.3, 0.4) is 0 Å². The van der Waals surface area contributed by atoms with Crippen molar-refractivity contribution < 1.29 is 13.2 Å². The second-order valence-corrected chi connectivity index (χ2v) is 5.64. The lowest BCUT2D eigenvalue weighted by Crippen LogP contribution is -2.36. The summed E-state index contributed by atoms with van der Waals surface area (Å²) in [7, 11) is 0. The Morgan fingerprint density at radius 1 is 1.48 bits per heavy atom. The highest BCUT2D eigenvalue weighted by Gasteiger charge is 2.35. The monoisotopic (exact) mass is 315 g/mol. The predicted octanol–water partition coefficient (Wildman–Crippen LogP) is 2.66. The van der Waals surface area contributed by atoms with Gasteiger partial charge in [0, 0.05) is 11.4 Å². The Balaban J connectivity index is 2.25. The van der Waals surface area contributed by atoms with Crippen molar-refractivity contribution in [3.8, 4) is 0 Å². The van der Waals surface area contributed by atoms with Gasteiger partial charge in [0.05, 0.1) is 11.4 Å². The minimum absolute atomic E-state index is 0.000339. The largest absolute Gasteiger partial charge is 0.407 e. The van der Waals surface area contributed by atoms with Crippen LogP contribution in [0, 0.1) is 6.92 Å². The quantitative estimate of drug-likeness (QED) is 0.803. The summed E-state index contributed by atoms with van der Waals surface area (Å²) in [6, 6.07) is -0.0761. The van der Waals surface area contributed by atoms with Crippen molar-refractivity contribution in [2.24, 2.45) is 11.5 Å². The fourth-order valence-electron chi connectivity index (χ4n) is 1.93. The third kappa shape index (κ3) is 3.68. The number of allylic oxidation sites excluding steroid dienone is 2. The van der Waals surface area contributed by atoms with E-state index in [4.69, 9.17) is 11.5 Å². The van der Waals surface area contributed by atoms with Crippen LogP contribution < -0.4 is 16.8 Å². The molecule has 0 aromatic carbocycles. The van der Waals surface area contributed by atoms with E-state index < -0.39 is 12.2 Å². The second-order valence-electron chi connectivity index (χ2n) is 4.72. The molecule has 0 amide bonds. The summed E-state index contributed by atoms with van der Waals surface area (Å²) >= 11 is 1.58. The summed E-state index contributed by atoms with van der Waals surface area (Å²) in [4.78, 5) is 1.09. The first-order chi connectivity index (χ1) is 9.79. The van der Waals surface area contributed by atoms with Gasteiger partial charge in [-0.3, -0.25) is 0 Å². The molecule has 0 bridgehead atoms. The van der Waals surface area contributed by atoms with E-state index in [0.717, 1.165) is 22.1 Å². The van der Waals surface area contributed by atoms with E-state index in [2.05, 4.69) is 5.32 Å². The molecule has 2 heterocycles. The van der Waals surface area contributed by atoms with Crippen molar-refractivity contribution in [2.45, 2.75) is 19.1 Å². The molecule has 1 unspecified atom stereocenters. The lowest BCUT2D eigenvalue weighted by Gasteiger charge is -2.18. The number of hydrogen-bond donors (Lipinski definition) is 3. The Hall–Kier alpha value is -1.73. The summed E-state index contributed by atoms with van der Waals surface area (Å²) in [6.45, 7) is 2.50. The molecular formula is C14H16F3N3S.